The molecule has 3 aromatic heterocycles. The number of ketones is 2. The van der Waals surface area contributed by atoms with Crippen molar-refractivity contribution in [2.75, 3.05) is 6.54 Å². The van der Waals surface area contributed by atoms with Crippen molar-refractivity contribution in [1.29, 1.82) is 0 Å². The molecular formula is C37H40N6O2. The fourth-order valence-electron chi connectivity index (χ4n) is 6.67. The third-order valence-corrected chi connectivity index (χ3v) is 9.35. The van der Waals surface area contributed by atoms with E-state index in [9.17, 15) is 9.59 Å². The van der Waals surface area contributed by atoms with Crippen molar-refractivity contribution in [3.63, 3.8) is 0 Å². The van der Waals surface area contributed by atoms with E-state index in [1.807, 2.05) is 12.1 Å². The van der Waals surface area contributed by atoms with Gasteiger partial charge in [-0.05, 0) is 118 Å². The van der Waals surface area contributed by atoms with Gasteiger partial charge in [0.1, 0.15) is 11.6 Å². The maximum absolute atomic E-state index is 12.1. The number of H-pyrrole nitrogens is 2. The molecule has 0 saturated heterocycles. The highest BCUT2D eigenvalue weighted by atomic mass is 16.1. The minimum absolute atomic E-state index is 0.0108. The molecule has 6 heterocycles. The average Bonchev–Trinajstić information content (AvgIpc) is 3.78. The van der Waals surface area contributed by atoms with Gasteiger partial charge in [0, 0.05) is 46.0 Å². The van der Waals surface area contributed by atoms with E-state index in [4.69, 9.17) is 9.97 Å². The van der Waals surface area contributed by atoms with Crippen LogP contribution in [-0.2, 0) is 9.59 Å². The number of aromatic amines is 2. The molecule has 8 bridgehead atoms. The van der Waals surface area contributed by atoms with Crippen LogP contribution in [0.15, 0.2) is 41.1 Å². The van der Waals surface area contributed by atoms with Gasteiger partial charge in [0.2, 0.25) is 0 Å². The summed E-state index contributed by atoms with van der Waals surface area (Å²) in [5.41, 5.74) is 15.8. The molecule has 0 fully saturated rings. The molecule has 0 amide bonds. The number of nitrogens with zero attached hydrogens (tertiary/aromatic N) is 4. The molecule has 230 valence electrons. The van der Waals surface area contributed by atoms with Crippen molar-refractivity contribution in [2.24, 2.45) is 10.2 Å². The molecular weight excluding hydrogens is 560 g/mol. The number of carbonyl (C=O) groups excluding carboxylic acids is 2. The second-order valence-electron chi connectivity index (χ2n) is 12.4. The van der Waals surface area contributed by atoms with Crippen molar-refractivity contribution in [2.45, 2.75) is 79.7 Å². The Hall–Kier alpha value is -4.72. The summed E-state index contributed by atoms with van der Waals surface area (Å²) in [7, 11) is 0. The SMILES string of the molecule is C=Cc1c(C)c2cc3[nH]c(cc4nc(cc5nc(cc1[nH]2)C(C)=C5CCC(C)=O)C(CCC(C)=O)=C4C)c(C)c3C1CCN=N1. The number of hydrogen-bond acceptors (Lipinski definition) is 6. The number of Topliss-reactive ketones (excluding diaryl/α,β-unsaturated/α-hetero) is 2. The smallest absolute Gasteiger partial charge is 0.130 e. The summed E-state index contributed by atoms with van der Waals surface area (Å²) in [6, 6.07) is 8.38. The van der Waals surface area contributed by atoms with E-state index in [2.05, 4.69) is 72.7 Å². The van der Waals surface area contributed by atoms with Crippen LogP contribution >= 0.6 is 0 Å². The fourth-order valence-corrected chi connectivity index (χ4v) is 6.67. The van der Waals surface area contributed by atoms with Gasteiger partial charge in [-0.3, -0.25) is 0 Å². The van der Waals surface area contributed by atoms with E-state index in [1.54, 1.807) is 13.8 Å². The number of carbonyl (C=O) groups is 2. The number of nitrogens with one attached hydrogen (secondary N) is 2. The van der Waals surface area contributed by atoms with Gasteiger partial charge in [0.25, 0.3) is 0 Å². The Kier molecular flexibility index (Phi) is 8.08. The van der Waals surface area contributed by atoms with Crippen LogP contribution in [0.25, 0.3) is 50.4 Å². The predicted molar refractivity (Wildman–Crippen MR) is 182 cm³/mol. The molecule has 45 heavy (non-hydrogen) atoms. The van der Waals surface area contributed by atoms with Crippen LogP contribution < -0.4 is 0 Å². The lowest BCUT2D eigenvalue weighted by molar-refractivity contribution is -0.117. The van der Waals surface area contributed by atoms with Crippen LogP contribution in [0.1, 0.15) is 111 Å². The molecule has 3 aliphatic heterocycles. The van der Waals surface area contributed by atoms with E-state index in [0.717, 1.165) is 102 Å². The van der Waals surface area contributed by atoms with E-state index >= 15 is 0 Å². The van der Waals surface area contributed by atoms with Gasteiger partial charge >= 0.3 is 0 Å². The van der Waals surface area contributed by atoms with Crippen LogP contribution in [0.3, 0.4) is 0 Å². The van der Waals surface area contributed by atoms with Crippen molar-refractivity contribution in [3.05, 3.63) is 75.9 Å². The summed E-state index contributed by atoms with van der Waals surface area (Å²) in [4.78, 5) is 41.7. The summed E-state index contributed by atoms with van der Waals surface area (Å²) in [5.74, 6) is 0.279. The molecule has 0 spiro atoms. The second-order valence-corrected chi connectivity index (χ2v) is 12.4. The highest BCUT2D eigenvalue weighted by Crippen LogP contribution is 2.39. The standard InChI is InChI=1S/C37H40N6O2/c1-8-25-21(4)31-17-36-37(28-13-14-38-43-28)24(7)32(42-36)15-29-22(5)26(11-9-19(2)44)34(40-29)18-35-27(12-10-20(3)45)23(6)30(41-35)16-33(25)39-31/h8,15-18,28,39,42H,1,9-14H2,2-7H3. The third kappa shape index (κ3) is 5.65. The monoisotopic (exact) mass is 600 g/mol. The maximum atomic E-state index is 12.1. The number of fused-ring (bicyclic) bond motifs is 8. The van der Waals surface area contributed by atoms with Gasteiger partial charge in [-0.15, -0.1) is 0 Å². The van der Waals surface area contributed by atoms with Crippen LogP contribution in [0.2, 0.25) is 0 Å². The molecule has 0 aliphatic carbocycles. The van der Waals surface area contributed by atoms with Crippen LogP contribution in [0, 0.1) is 13.8 Å². The second kappa shape index (κ2) is 12.0. The van der Waals surface area contributed by atoms with Crippen molar-refractivity contribution in [1.82, 2.24) is 19.9 Å². The average molecular weight is 601 g/mol. The predicted octanol–water partition coefficient (Wildman–Crippen LogP) is 9.07. The summed E-state index contributed by atoms with van der Waals surface area (Å²) in [5, 5.41) is 8.90. The molecule has 2 N–H and O–H groups in total. The first-order chi connectivity index (χ1) is 21.5. The number of azo groups is 1. The molecule has 0 saturated carbocycles. The lowest BCUT2D eigenvalue weighted by atomic mass is 9.97. The lowest BCUT2D eigenvalue weighted by Gasteiger charge is -2.05. The minimum atomic E-state index is -0.0108. The fraction of sp³-hybridized carbons (Fsp3) is 0.351. The summed E-state index contributed by atoms with van der Waals surface area (Å²) < 4.78 is 0. The minimum Gasteiger partial charge on any atom is -0.355 e. The largest absolute Gasteiger partial charge is 0.355 e. The van der Waals surface area contributed by atoms with E-state index in [0.29, 0.717) is 25.7 Å². The zero-order chi connectivity index (χ0) is 32.0. The Morgan fingerprint density at radius 2 is 1.33 bits per heavy atom. The van der Waals surface area contributed by atoms with E-state index < -0.39 is 0 Å². The Morgan fingerprint density at radius 1 is 0.778 bits per heavy atom. The maximum Gasteiger partial charge on any atom is 0.130 e. The molecule has 3 aromatic rings. The first-order valence-corrected chi connectivity index (χ1v) is 15.7. The van der Waals surface area contributed by atoms with Crippen LogP contribution in [0.4, 0.5) is 0 Å². The van der Waals surface area contributed by atoms with Gasteiger partial charge < -0.3 is 19.6 Å². The summed E-state index contributed by atoms with van der Waals surface area (Å²) in [6.45, 7) is 16.5. The van der Waals surface area contributed by atoms with Crippen LogP contribution in [0.5, 0.6) is 0 Å². The molecule has 1 atom stereocenters. The Morgan fingerprint density at radius 3 is 1.87 bits per heavy atom. The molecule has 3 aliphatic rings. The summed E-state index contributed by atoms with van der Waals surface area (Å²) in [6.07, 6.45) is 4.82. The number of aryl methyl sites for hydroxylation is 2. The molecule has 0 radical (unpaired) electrons. The van der Waals surface area contributed by atoms with Gasteiger partial charge in [0.15, 0.2) is 0 Å². The molecule has 8 nitrogen and oxygen atoms in total. The molecule has 8 heteroatoms. The van der Waals surface area contributed by atoms with Gasteiger partial charge in [-0.2, -0.15) is 10.2 Å². The quantitative estimate of drug-likeness (QED) is 0.268. The third-order valence-electron chi connectivity index (χ3n) is 9.35. The Labute approximate surface area is 263 Å². The van der Waals surface area contributed by atoms with Gasteiger partial charge in [-0.25, -0.2) is 9.97 Å². The normalized spacial score (nSPS) is 16.2. The first-order valence-electron chi connectivity index (χ1n) is 15.7. The number of allylic oxidation sites excluding steroid dienone is 4. The first kappa shape index (κ1) is 30.3. The van der Waals surface area contributed by atoms with Gasteiger partial charge in [0.05, 0.1) is 35.4 Å². The zero-order valence-electron chi connectivity index (χ0n) is 27.0. The highest BCUT2D eigenvalue weighted by Gasteiger charge is 2.24. The highest BCUT2D eigenvalue weighted by molar-refractivity contribution is 5.97. The molecule has 6 rings (SSSR count). The van der Waals surface area contributed by atoms with Crippen molar-refractivity contribution >= 4 is 62.0 Å². The Balaban J connectivity index is 1.73. The van der Waals surface area contributed by atoms with E-state index in [1.165, 1.54) is 0 Å². The molecule has 0 aromatic carbocycles. The number of rotatable bonds is 8. The van der Waals surface area contributed by atoms with E-state index in [-0.39, 0.29) is 17.6 Å². The number of hydrogen-bond donors (Lipinski definition) is 2. The van der Waals surface area contributed by atoms with Crippen LogP contribution in [-0.4, -0.2) is 38.0 Å². The lowest BCUT2D eigenvalue weighted by Crippen LogP contribution is -1.94. The Bertz CT molecular complexity index is 2030. The zero-order valence-corrected chi connectivity index (χ0v) is 27.0. The summed E-state index contributed by atoms with van der Waals surface area (Å²) >= 11 is 0. The molecule has 1 unspecified atom stereocenters. The van der Waals surface area contributed by atoms with Gasteiger partial charge in [-0.1, -0.05) is 12.7 Å². The topological polar surface area (TPSA) is 116 Å². The number of aromatic nitrogens is 4. The van der Waals surface area contributed by atoms with Crippen molar-refractivity contribution < 1.29 is 9.59 Å². The van der Waals surface area contributed by atoms with Crippen molar-refractivity contribution in [3.8, 4) is 0 Å².